The Hall–Kier alpha value is -2.24. The molecule has 1 heterocycles. The lowest BCUT2D eigenvalue weighted by Crippen LogP contribution is -2.45. The molecule has 0 bridgehead atoms. The van der Waals surface area contributed by atoms with Crippen molar-refractivity contribution in [2.45, 2.75) is 32.7 Å². The molecule has 0 saturated heterocycles. The van der Waals surface area contributed by atoms with Gasteiger partial charge in [-0.15, -0.1) is 0 Å². The quantitative estimate of drug-likeness (QED) is 0.659. The van der Waals surface area contributed by atoms with Crippen LogP contribution in [-0.2, 0) is 22.6 Å². The molecule has 23 heavy (non-hydrogen) atoms. The fourth-order valence-corrected chi connectivity index (χ4v) is 2.65. The van der Waals surface area contributed by atoms with Gasteiger partial charge < -0.3 is 19.7 Å². The molecule has 2 rings (SSSR count). The van der Waals surface area contributed by atoms with Gasteiger partial charge in [-0.1, -0.05) is 13.3 Å². The highest BCUT2D eigenvalue weighted by Crippen LogP contribution is 2.33. The van der Waals surface area contributed by atoms with Crippen molar-refractivity contribution in [3.05, 3.63) is 23.3 Å². The standard InChI is InChI=1S/C17H24N2O4/c1-4-5-7-18-16(20)17(21)19-8-6-12-9-14(22-2)15(23-3)10-13(12)11-19/h9-10H,4-8,11H2,1-3H3,(H,18,20). The van der Waals surface area contributed by atoms with Crippen molar-refractivity contribution in [3.63, 3.8) is 0 Å². The van der Waals surface area contributed by atoms with E-state index in [1.54, 1.807) is 19.1 Å². The van der Waals surface area contributed by atoms with Crippen LogP contribution in [0.5, 0.6) is 11.5 Å². The lowest BCUT2D eigenvalue weighted by molar-refractivity contribution is -0.146. The van der Waals surface area contributed by atoms with Crippen LogP contribution in [0.3, 0.4) is 0 Å². The molecule has 0 saturated carbocycles. The lowest BCUT2D eigenvalue weighted by Gasteiger charge is -2.29. The summed E-state index contributed by atoms with van der Waals surface area (Å²) in [4.78, 5) is 25.7. The molecule has 6 heteroatoms. The Kier molecular flexibility index (Phi) is 5.84. The molecule has 1 aliphatic heterocycles. The minimum atomic E-state index is -0.526. The second kappa shape index (κ2) is 7.85. The van der Waals surface area contributed by atoms with E-state index in [1.165, 1.54) is 0 Å². The number of hydrogen-bond acceptors (Lipinski definition) is 4. The van der Waals surface area contributed by atoms with Crippen molar-refractivity contribution in [1.29, 1.82) is 0 Å². The average molecular weight is 320 g/mol. The zero-order valence-electron chi connectivity index (χ0n) is 14.0. The first kappa shape index (κ1) is 17.1. The Morgan fingerprint density at radius 2 is 1.83 bits per heavy atom. The highest BCUT2D eigenvalue weighted by Gasteiger charge is 2.26. The van der Waals surface area contributed by atoms with Gasteiger partial charge in [0.25, 0.3) is 0 Å². The molecule has 0 aromatic heterocycles. The Labute approximate surface area is 136 Å². The molecule has 1 aromatic carbocycles. The Balaban J connectivity index is 2.07. The number of nitrogens with zero attached hydrogens (tertiary/aromatic N) is 1. The van der Waals surface area contributed by atoms with E-state index in [2.05, 4.69) is 5.32 Å². The SMILES string of the molecule is CCCCNC(=O)C(=O)N1CCc2cc(OC)c(OC)cc2C1. The summed E-state index contributed by atoms with van der Waals surface area (Å²) < 4.78 is 10.6. The second-order valence-corrected chi connectivity index (χ2v) is 5.56. The van der Waals surface area contributed by atoms with Gasteiger partial charge >= 0.3 is 11.8 Å². The first-order valence-electron chi connectivity index (χ1n) is 7.91. The van der Waals surface area contributed by atoms with Crippen LogP contribution in [0.15, 0.2) is 12.1 Å². The van der Waals surface area contributed by atoms with Crippen molar-refractivity contribution in [1.82, 2.24) is 10.2 Å². The molecule has 0 spiro atoms. The van der Waals surface area contributed by atoms with E-state index < -0.39 is 11.8 Å². The van der Waals surface area contributed by atoms with Gasteiger partial charge in [0.15, 0.2) is 11.5 Å². The van der Waals surface area contributed by atoms with Gasteiger partial charge in [0.05, 0.1) is 14.2 Å². The Morgan fingerprint density at radius 1 is 1.17 bits per heavy atom. The van der Waals surface area contributed by atoms with Gasteiger partial charge in [-0.2, -0.15) is 0 Å². The smallest absolute Gasteiger partial charge is 0.312 e. The number of fused-ring (bicyclic) bond motifs is 1. The predicted molar refractivity (Wildman–Crippen MR) is 86.6 cm³/mol. The van der Waals surface area contributed by atoms with Gasteiger partial charge in [0, 0.05) is 19.6 Å². The van der Waals surface area contributed by atoms with Crippen molar-refractivity contribution in [3.8, 4) is 11.5 Å². The molecule has 0 atom stereocenters. The molecule has 1 N–H and O–H groups in total. The van der Waals surface area contributed by atoms with Crippen LogP contribution in [0.4, 0.5) is 0 Å². The van der Waals surface area contributed by atoms with Crippen LogP contribution >= 0.6 is 0 Å². The summed E-state index contributed by atoms with van der Waals surface area (Å²) in [6.45, 7) is 3.52. The topological polar surface area (TPSA) is 67.9 Å². The number of rotatable bonds is 5. The lowest BCUT2D eigenvalue weighted by atomic mass is 9.98. The minimum Gasteiger partial charge on any atom is -0.493 e. The summed E-state index contributed by atoms with van der Waals surface area (Å²) in [5.41, 5.74) is 2.11. The third-order valence-corrected chi connectivity index (χ3v) is 4.02. The van der Waals surface area contributed by atoms with Crippen LogP contribution in [0.1, 0.15) is 30.9 Å². The monoisotopic (exact) mass is 320 g/mol. The zero-order valence-corrected chi connectivity index (χ0v) is 14.0. The molecule has 1 aliphatic rings. The highest BCUT2D eigenvalue weighted by molar-refractivity contribution is 6.35. The first-order valence-corrected chi connectivity index (χ1v) is 7.91. The number of methoxy groups -OCH3 is 2. The zero-order chi connectivity index (χ0) is 16.8. The van der Waals surface area contributed by atoms with Crippen molar-refractivity contribution >= 4 is 11.8 Å². The maximum Gasteiger partial charge on any atom is 0.312 e. The van der Waals surface area contributed by atoms with Gasteiger partial charge in [0.2, 0.25) is 0 Å². The van der Waals surface area contributed by atoms with Crippen molar-refractivity contribution in [2.75, 3.05) is 27.3 Å². The maximum atomic E-state index is 12.2. The number of hydrogen-bond donors (Lipinski definition) is 1. The molecule has 0 radical (unpaired) electrons. The van der Waals surface area contributed by atoms with E-state index in [0.717, 1.165) is 24.0 Å². The van der Waals surface area contributed by atoms with E-state index in [1.807, 2.05) is 19.1 Å². The fourth-order valence-electron chi connectivity index (χ4n) is 2.65. The molecular weight excluding hydrogens is 296 g/mol. The van der Waals surface area contributed by atoms with Gasteiger partial charge in [0.1, 0.15) is 0 Å². The van der Waals surface area contributed by atoms with E-state index in [9.17, 15) is 9.59 Å². The number of carbonyl (C=O) groups excluding carboxylic acids is 2. The normalized spacial score (nSPS) is 13.3. The first-order chi connectivity index (χ1) is 11.1. The maximum absolute atomic E-state index is 12.2. The fraction of sp³-hybridized carbons (Fsp3) is 0.529. The molecule has 2 amide bonds. The second-order valence-electron chi connectivity index (χ2n) is 5.56. The van der Waals surface area contributed by atoms with Gasteiger partial charge in [-0.25, -0.2) is 0 Å². The van der Waals surface area contributed by atoms with Crippen LogP contribution in [0.2, 0.25) is 0 Å². The number of unbranched alkanes of at least 4 members (excludes halogenated alkanes) is 1. The number of nitrogens with one attached hydrogen (secondary N) is 1. The van der Waals surface area contributed by atoms with Crippen molar-refractivity contribution in [2.24, 2.45) is 0 Å². The summed E-state index contributed by atoms with van der Waals surface area (Å²) in [5, 5.41) is 2.67. The van der Waals surface area contributed by atoms with Crippen LogP contribution in [0, 0.1) is 0 Å². The number of amides is 2. The highest BCUT2D eigenvalue weighted by atomic mass is 16.5. The molecular formula is C17H24N2O4. The van der Waals surface area contributed by atoms with E-state index in [4.69, 9.17) is 9.47 Å². The summed E-state index contributed by atoms with van der Waals surface area (Å²) in [6.07, 6.45) is 2.55. The van der Waals surface area contributed by atoms with E-state index >= 15 is 0 Å². The Bertz CT molecular complexity index is 586. The summed E-state index contributed by atoms with van der Waals surface area (Å²) in [6, 6.07) is 3.82. The molecule has 126 valence electrons. The molecule has 6 nitrogen and oxygen atoms in total. The number of benzene rings is 1. The van der Waals surface area contributed by atoms with E-state index in [-0.39, 0.29) is 0 Å². The molecule has 1 aromatic rings. The average Bonchev–Trinajstić information content (AvgIpc) is 2.59. The third-order valence-electron chi connectivity index (χ3n) is 4.02. The Morgan fingerprint density at radius 3 is 2.43 bits per heavy atom. The number of ether oxygens (including phenoxy) is 2. The summed E-state index contributed by atoms with van der Waals surface area (Å²) in [7, 11) is 3.18. The molecule has 0 unspecified atom stereocenters. The number of carbonyl (C=O) groups is 2. The molecule has 0 aliphatic carbocycles. The van der Waals surface area contributed by atoms with Crippen LogP contribution < -0.4 is 14.8 Å². The minimum absolute atomic E-state index is 0.412. The van der Waals surface area contributed by atoms with Crippen molar-refractivity contribution < 1.29 is 19.1 Å². The summed E-state index contributed by atoms with van der Waals surface area (Å²) in [5.74, 6) is 0.320. The predicted octanol–water partition coefficient (Wildman–Crippen LogP) is 1.50. The molecule has 0 fully saturated rings. The van der Waals surface area contributed by atoms with Gasteiger partial charge in [-0.05, 0) is 36.1 Å². The summed E-state index contributed by atoms with van der Waals surface area (Å²) >= 11 is 0. The van der Waals surface area contributed by atoms with E-state index in [0.29, 0.717) is 37.6 Å². The third kappa shape index (κ3) is 3.94. The van der Waals surface area contributed by atoms with Crippen LogP contribution in [-0.4, -0.2) is 44.0 Å². The van der Waals surface area contributed by atoms with Crippen LogP contribution in [0.25, 0.3) is 0 Å². The van der Waals surface area contributed by atoms with Gasteiger partial charge in [-0.3, -0.25) is 9.59 Å². The largest absolute Gasteiger partial charge is 0.493 e.